The first-order chi connectivity index (χ1) is 9.43. The minimum atomic E-state index is -0.484. The highest BCUT2D eigenvalue weighted by atomic mass is 35.5. The summed E-state index contributed by atoms with van der Waals surface area (Å²) in [7, 11) is 0. The van der Waals surface area contributed by atoms with Gasteiger partial charge in [0.25, 0.3) is 0 Å². The molecule has 5 heteroatoms. The number of nitrogens with zero attached hydrogens (tertiary/aromatic N) is 2. The van der Waals surface area contributed by atoms with Gasteiger partial charge >= 0.3 is 0 Å². The van der Waals surface area contributed by atoms with Gasteiger partial charge in [-0.15, -0.1) is 0 Å². The van der Waals surface area contributed by atoms with Crippen molar-refractivity contribution >= 4 is 23.1 Å². The lowest BCUT2D eigenvalue weighted by Crippen LogP contribution is -2.03. The van der Waals surface area contributed by atoms with Crippen LogP contribution in [-0.4, -0.2) is 4.98 Å². The van der Waals surface area contributed by atoms with Gasteiger partial charge in [-0.1, -0.05) is 11.6 Å². The molecule has 0 atom stereocenters. The minimum absolute atomic E-state index is 0.0223. The Bertz CT molecular complexity index is 720. The second-order valence-corrected chi connectivity index (χ2v) is 4.94. The number of anilines is 2. The Morgan fingerprint density at radius 2 is 1.95 bits per heavy atom. The third-order valence-electron chi connectivity index (χ3n) is 3.29. The molecule has 20 heavy (non-hydrogen) atoms. The summed E-state index contributed by atoms with van der Waals surface area (Å²) in [6, 6.07) is 6.43. The quantitative estimate of drug-likeness (QED) is 0.890. The number of rotatable bonds is 2. The molecular formula is C15H13ClFN3. The van der Waals surface area contributed by atoms with Crippen molar-refractivity contribution in [2.24, 2.45) is 0 Å². The molecule has 0 fully saturated rings. The van der Waals surface area contributed by atoms with E-state index < -0.39 is 5.82 Å². The number of aromatic nitrogens is 1. The Hall–Kier alpha value is -2.12. The highest BCUT2D eigenvalue weighted by Crippen LogP contribution is 2.27. The van der Waals surface area contributed by atoms with E-state index in [1.807, 2.05) is 20.8 Å². The van der Waals surface area contributed by atoms with Crippen LogP contribution in [0.5, 0.6) is 0 Å². The SMILES string of the molecule is Cc1nc(Nc2ccc(F)c(Cl)c2)c(C#N)c(C)c1C. The van der Waals surface area contributed by atoms with Crippen molar-refractivity contribution in [2.75, 3.05) is 5.32 Å². The molecule has 0 aliphatic rings. The van der Waals surface area contributed by atoms with Gasteiger partial charge in [0.1, 0.15) is 17.7 Å². The van der Waals surface area contributed by atoms with Gasteiger partial charge < -0.3 is 5.32 Å². The zero-order valence-electron chi connectivity index (χ0n) is 11.4. The van der Waals surface area contributed by atoms with Gasteiger partial charge in [-0.25, -0.2) is 9.37 Å². The van der Waals surface area contributed by atoms with Gasteiger partial charge in [0.2, 0.25) is 0 Å². The maximum absolute atomic E-state index is 13.1. The van der Waals surface area contributed by atoms with Crippen molar-refractivity contribution in [2.45, 2.75) is 20.8 Å². The van der Waals surface area contributed by atoms with Gasteiger partial charge in [0.15, 0.2) is 0 Å². The third-order valence-corrected chi connectivity index (χ3v) is 3.58. The van der Waals surface area contributed by atoms with Gasteiger partial charge in [-0.2, -0.15) is 5.26 Å². The smallest absolute Gasteiger partial charge is 0.148 e. The molecular weight excluding hydrogens is 277 g/mol. The molecule has 1 heterocycles. The largest absolute Gasteiger partial charge is 0.339 e. The Labute approximate surface area is 122 Å². The predicted molar refractivity (Wildman–Crippen MR) is 77.9 cm³/mol. The molecule has 0 saturated heterocycles. The van der Waals surface area contributed by atoms with Crippen molar-refractivity contribution < 1.29 is 4.39 Å². The molecule has 0 spiro atoms. The molecule has 0 radical (unpaired) electrons. The summed E-state index contributed by atoms with van der Waals surface area (Å²) < 4.78 is 13.1. The van der Waals surface area contributed by atoms with E-state index in [-0.39, 0.29) is 5.02 Å². The zero-order chi connectivity index (χ0) is 14.9. The van der Waals surface area contributed by atoms with E-state index >= 15 is 0 Å². The first kappa shape index (κ1) is 14.3. The standard InChI is InChI=1S/C15H13ClFN3/c1-8-9(2)12(7-18)15(19-10(8)3)20-11-4-5-14(17)13(16)6-11/h4-6H,1-3H3,(H,19,20). The van der Waals surface area contributed by atoms with Crippen LogP contribution < -0.4 is 5.32 Å². The number of pyridine rings is 1. The lowest BCUT2D eigenvalue weighted by atomic mass is 10.0. The highest BCUT2D eigenvalue weighted by Gasteiger charge is 2.12. The zero-order valence-corrected chi connectivity index (χ0v) is 12.1. The fourth-order valence-electron chi connectivity index (χ4n) is 1.88. The normalized spacial score (nSPS) is 10.2. The molecule has 1 N–H and O–H groups in total. The van der Waals surface area contributed by atoms with Crippen LogP contribution in [0.25, 0.3) is 0 Å². The van der Waals surface area contributed by atoms with Crippen LogP contribution in [0.1, 0.15) is 22.4 Å². The molecule has 102 valence electrons. The molecule has 0 aliphatic heterocycles. The van der Waals surface area contributed by atoms with Crippen LogP contribution >= 0.6 is 11.6 Å². The van der Waals surface area contributed by atoms with E-state index in [2.05, 4.69) is 16.4 Å². The van der Waals surface area contributed by atoms with Gasteiger partial charge in [-0.3, -0.25) is 0 Å². The summed E-state index contributed by atoms with van der Waals surface area (Å²) in [6.45, 7) is 5.69. The molecule has 0 aliphatic carbocycles. The Morgan fingerprint density at radius 3 is 2.55 bits per heavy atom. The fourth-order valence-corrected chi connectivity index (χ4v) is 2.06. The number of hydrogen-bond donors (Lipinski definition) is 1. The third kappa shape index (κ3) is 2.59. The number of aryl methyl sites for hydroxylation is 1. The topological polar surface area (TPSA) is 48.7 Å². The molecule has 0 saturated carbocycles. The summed E-state index contributed by atoms with van der Waals surface area (Å²) in [6.07, 6.45) is 0. The maximum Gasteiger partial charge on any atom is 0.148 e. The van der Waals surface area contributed by atoms with Crippen LogP contribution in [0, 0.1) is 37.9 Å². The maximum atomic E-state index is 13.1. The fraction of sp³-hybridized carbons (Fsp3) is 0.200. The van der Waals surface area contributed by atoms with E-state index in [9.17, 15) is 9.65 Å². The molecule has 0 bridgehead atoms. The average molecular weight is 290 g/mol. The van der Waals surface area contributed by atoms with Crippen molar-refractivity contribution in [1.82, 2.24) is 4.98 Å². The summed E-state index contributed by atoms with van der Waals surface area (Å²) in [5, 5.41) is 12.3. The molecule has 0 amide bonds. The first-order valence-electron chi connectivity index (χ1n) is 6.04. The van der Waals surface area contributed by atoms with Crippen molar-refractivity contribution in [3.8, 4) is 6.07 Å². The van der Waals surface area contributed by atoms with Crippen molar-refractivity contribution in [3.05, 3.63) is 51.4 Å². The number of hydrogen-bond acceptors (Lipinski definition) is 3. The number of nitriles is 1. The van der Waals surface area contributed by atoms with Crippen LogP contribution in [-0.2, 0) is 0 Å². The summed E-state index contributed by atoms with van der Waals surface area (Å²) >= 11 is 5.74. The summed E-state index contributed by atoms with van der Waals surface area (Å²) in [5.74, 6) is -0.0299. The van der Waals surface area contributed by atoms with E-state index in [0.29, 0.717) is 17.1 Å². The van der Waals surface area contributed by atoms with Gasteiger partial charge in [0.05, 0.1) is 10.6 Å². The number of benzene rings is 1. The summed E-state index contributed by atoms with van der Waals surface area (Å²) in [5.41, 5.74) is 3.79. The Kier molecular flexibility index (Phi) is 3.91. The van der Waals surface area contributed by atoms with E-state index in [0.717, 1.165) is 16.8 Å². The second-order valence-electron chi connectivity index (χ2n) is 4.54. The average Bonchev–Trinajstić information content (AvgIpc) is 2.41. The van der Waals surface area contributed by atoms with Gasteiger partial charge in [0, 0.05) is 11.4 Å². The summed E-state index contributed by atoms with van der Waals surface area (Å²) in [4.78, 5) is 4.38. The second kappa shape index (κ2) is 5.48. The first-order valence-corrected chi connectivity index (χ1v) is 6.41. The highest BCUT2D eigenvalue weighted by molar-refractivity contribution is 6.31. The van der Waals surface area contributed by atoms with Crippen LogP contribution in [0.15, 0.2) is 18.2 Å². The molecule has 3 nitrogen and oxygen atoms in total. The predicted octanol–water partition coefficient (Wildman–Crippen LogP) is 4.41. The van der Waals surface area contributed by atoms with Crippen LogP contribution in [0.3, 0.4) is 0 Å². The lowest BCUT2D eigenvalue weighted by Gasteiger charge is -2.13. The van der Waals surface area contributed by atoms with E-state index in [1.54, 1.807) is 6.07 Å². The van der Waals surface area contributed by atoms with Crippen LogP contribution in [0.2, 0.25) is 5.02 Å². The molecule has 2 rings (SSSR count). The Morgan fingerprint density at radius 1 is 1.25 bits per heavy atom. The van der Waals surface area contributed by atoms with E-state index in [1.165, 1.54) is 12.1 Å². The molecule has 0 unspecified atom stereocenters. The van der Waals surface area contributed by atoms with Crippen LogP contribution in [0.4, 0.5) is 15.9 Å². The minimum Gasteiger partial charge on any atom is -0.339 e. The van der Waals surface area contributed by atoms with Gasteiger partial charge in [-0.05, 0) is 50.1 Å². The molecule has 1 aromatic heterocycles. The number of nitrogens with one attached hydrogen (secondary N) is 1. The van der Waals surface area contributed by atoms with E-state index in [4.69, 9.17) is 11.6 Å². The van der Waals surface area contributed by atoms with Crippen molar-refractivity contribution in [3.63, 3.8) is 0 Å². The lowest BCUT2D eigenvalue weighted by molar-refractivity contribution is 0.628. The van der Waals surface area contributed by atoms with Crippen molar-refractivity contribution in [1.29, 1.82) is 5.26 Å². The molecule has 1 aromatic carbocycles. The number of halogens is 2. The Balaban J connectivity index is 2.48. The monoisotopic (exact) mass is 289 g/mol. The molecule has 2 aromatic rings.